The van der Waals surface area contributed by atoms with Gasteiger partial charge in [0.2, 0.25) is 0 Å². The van der Waals surface area contributed by atoms with Gasteiger partial charge in [0, 0.05) is 44.5 Å². The number of hydrogen-bond acceptors (Lipinski definition) is 4. The molecule has 0 spiro atoms. The van der Waals surface area contributed by atoms with Crippen molar-refractivity contribution < 1.29 is 5.11 Å². The van der Waals surface area contributed by atoms with E-state index < -0.39 is 0 Å². The van der Waals surface area contributed by atoms with Crippen molar-refractivity contribution in [2.75, 3.05) is 44.2 Å². The minimum atomic E-state index is 0.261. The third-order valence-electron chi connectivity index (χ3n) is 4.02. The molecule has 2 N–H and O–H groups in total. The van der Waals surface area contributed by atoms with Crippen LogP contribution in [0.3, 0.4) is 0 Å². The van der Waals surface area contributed by atoms with E-state index in [0.717, 1.165) is 45.7 Å². The molecule has 1 aromatic rings. The summed E-state index contributed by atoms with van der Waals surface area (Å²) in [6, 6.07) is 9.44. The van der Waals surface area contributed by atoms with Crippen molar-refractivity contribution in [2.24, 2.45) is 0 Å². The molecule has 4 heteroatoms. The summed E-state index contributed by atoms with van der Waals surface area (Å²) in [5, 5.41) is 12.5. The van der Waals surface area contributed by atoms with Gasteiger partial charge in [0.05, 0.1) is 6.61 Å². The molecule has 0 atom stereocenters. The molecule has 1 aliphatic rings. The van der Waals surface area contributed by atoms with Gasteiger partial charge in [-0.3, -0.25) is 4.90 Å². The van der Waals surface area contributed by atoms with Gasteiger partial charge in [0.25, 0.3) is 0 Å². The van der Waals surface area contributed by atoms with Crippen molar-refractivity contribution in [3.63, 3.8) is 0 Å². The molecular formula is C17H29N3O. The molecule has 21 heavy (non-hydrogen) atoms. The molecule has 4 nitrogen and oxygen atoms in total. The summed E-state index contributed by atoms with van der Waals surface area (Å²) in [5.41, 5.74) is 2.65. The zero-order valence-corrected chi connectivity index (χ0v) is 13.4. The van der Waals surface area contributed by atoms with Gasteiger partial charge >= 0.3 is 0 Å². The van der Waals surface area contributed by atoms with E-state index in [1.807, 2.05) is 0 Å². The predicted octanol–water partition coefficient (Wildman–Crippen LogP) is 1.69. The van der Waals surface area contributed by atoms with Crippen molar-refractivity contribution in [1.82, 2.24) is 10.2 Å². The minimum Gasteiger partial charge on any atom is -0.395 e. The normalized spacial score (nSPS) is 17.2. The molecule has 0 aromatic heterocycles. The molecule has 0 saturated carbocycles. The molecule has 2 rings (SSSR count). The summed E-state index contributed by atoms with van der Waals surface area (Å²) in [6.07, 6.45) is 1.16. The number of nitrogens with one attached hydrogen (secondary N) is 1. The quantitative estimate of drug-likeness (QED) is 0.836. The van der Waals surface area contributed by atoms with E-state index in [0.29, 0.717) is 6.04 Å². The molecular weight excluding hydrogens is 262 g/mol. The Hall–Kier alpha value is -1.10. The molecule has 0 unspecified atom stereocenters. The highest BCUT2D eigenvalue weighted by Crippen LogP contribution is 2.17. The second-order valence-electron chi connectivity index (χ2n) is 6.11. The Bertz CT molecular complexity index is 405. The van der Waals surface area contributed by atoms with Gasteiger partial charge in [-0.1, -0.05) is 26.0 Å². The van der Waals surface area contributed by atoms with Gasteiger partial charge in [-0.2, -0.15) is 0 Å². The maximum atomic E-state index is 9.05. The van der Waals surface area contributed by atoms with Crippen LogP contribution >= 0.6 is 0 Å². The van der Waals surface area contributed by atoms with Crippen LogP contribution in [0.25, 0.3) is 0 Å². The number of anilines is 1. The molecule has 1 aliphatic heterocycles. The Morgan fingerprint density at radius 2 is 1.86 bits per heavy atom. The predicted molar refractivity (Wildman–Crippen MR) is 88.8 cm³/mol. The van der Waals surface area contributed by atoms with Crippen LogP contribution in [0, 0.1) is 0 Å². The molecule has 1 saturated heterocycles. The van der Waals surface area contributed by atoms with Gasteiger partial charge in [0.1, 0.15) is 0 Å². The largest absolute Gasteiger partial charge is 0.395 e. The first-order valence-corrected chi connectivity index (χ1v) is 8.09. The van der Waals surface area contributed by atoms with E-state index in [4.69, 9.17) is 5.11 Å². The standard InChI is InChI=1S/C17H29N3O/c1-15(2)18-14-16-4-6-17(7-5-16)20-9-3-8-19(10-11-20)12-13-21/h4-7,15,18,21H,3,8-14H2,1-2H3. The Balaban J connectivity index is 1.89. The van der Waals surface area contributed by atoms with Gasteiger partial charge in [-0.15, -0.1) is 0 Å². The summed E-state index contributed by atoms with van der Waals surface area (Å²) in [4.78, 5) is 4.80. The molecule has 1 heterocycles. The number of nitrogens with zero attached hydrogens (tertiary/aromatic N) is 2. The SMILES string of the molecule is CC(C)NCc1ccc(N2CCCN(CCO)CC2)cc1. The Labute approximate surface area is 128 Å². The minimum absolute atomic E-state index is 0.261. The highest BCUT2D eigenvalue weighted by atomic mass is 16.3. The lowest BCUT2D eigenvalue weighted by molar-refractivity contribution is 0.204. The van der Waals surface area contributed by atoms with Gasteiger partial charge in [-0.05, 0) is 30.7 Å². The van der Waals surface area contributed by atoms with Crippen LogP contribution in [0.1, 0.15) is 25.8 Å². The Morgan fingerprint density at radius 3 is 2.52 bits per heavy atom. The number of rotatable bonds is 6. The summed E-state index contributed by atoms with van der Waals surface area (Å²) < 4.78 is 0. The van der Waals surface area contributed by atoms with Crippen molar-refractivity contribution in [3.05, 3.63) is 29.8 Å². The first-order valence-electron chi connectivity index (χ1n) is 8.09. The third-order valence-corrected chi connectivity index (χ3v) is 4.02. The molecule has 0 aliphatic carbocycles. The maximum Gasteiger partial charge on any atom is 0.0558 e. The lowest BCUT2D eigenvalue weighted by atomic mass is 10.2. The van der Waals surface area contributed by atoms with Crippen molar-refractivity contribution in [3.8, 4) is 0 Å². The average molecular weight is 291 g/mol. The number of benzene rings is 1. The van der Waals surface area contributed by atoms with E-state index in [-0.39, 0.29) is 6.61 Å². The molecule has 118 valence electrons. The molecule has 0 amide bonds. The van der Waals surface area contributed by atoms with Crippen molar-refractivity contribution in [1.29, 1.82) is 0 Å². The third kappa shape index (κ3) is 5.30. The second kappa shape index (κ2) is 8.37. The van der Waals surface area contributed by atoms with Gasteiger partial charge in [-0.25, -0.2) is 0 Å². The van der Waals surface area contributed by atoms with Crippen LogP contribution in [-0.4, -0.2) is 55.4 Å². The molecule has 0 bridgehead atoms. The van der Waals surface area contributed by atoms with E-state index in [1.165, 1.54) is 11.3 Å². The van der Waals surface area contributed by atoms with Crippen LogP contribution in [0.15, 0.2) is 24.3 Å². The fraction of sp³-hybridized carbons (Fsp3) is 0.647. The van der Waals surface area contributed by atoms with Gasteiger partial charge in [0.15, 0.2) is 0 Å². The Kier molecular flexibility index (Phi) is 6.49. The zero-order chi connectivity index (χ0) is 15.1. The first-order chi connectivity index (χ1) is 10.2. The Morgan fingerprint density at radius 1 is 1.10 bits per heavy atom. The summed E-state index contributed by atoms with van der Waals surface area (Å²) in [7, 11) is 0. The van der Waals surface area contributed by atoms with E-state index in [9.17, 15) is 0 Å². The fourth-order valence-electron chi connectivity index (χ4n) is 2.74. The summed E-state index contributed by atoms with van der Waals surface area (Å²) in [6.45, 7) is 10.6. The lowest BCUT2D eigenvalue weighted by Crippen LogP contribution is -2.32. The first kappa shape index (κ1) is 16.3. The van der Waals surface area contributed by atoms with Crippen LogP contribution in [0.4, 0.5) is 5.69 Å². The monoisotopic (exact) mass is 291 g/mol. The average Bonchev–Trinajstić information content (AvgIpc) is 2.72. The molecule has 0 radical (unpaired) electrons. The van der Waals surface area contributed by atoms with Crippen molar-refractivity contribution >= 4 is 5.69 Å². The van der Waals surface area contributed by atoms with Crippen LogP contribution < -0.4 is 10.2 Å². The van der Waals surface area contributed by atoms with E-state index in [1.54, 1.807) is 0 Å². The number of β-amino-alcohol motifs (C(OH)–C–C–N with tert-alkyl or cyclic N) is 1. The number of aliphatic hydroxyl groups excluding tert-OH is 1. The van der Waals surface area contributed by atoms with Crippen LogP contribution in [-0.2, 0) is 6.54 Å². The smallest absolute Gasteiger partial charge is 0.0558 e. The zero-order valence-electron chi connectivity index (χ0n) is 13.4. The number of aliphatic hydroxyl groups is 1. The summed E-state index contributed by atoms with van der Waals surface area (Å²) in [5.74, 6) is 0. The molecule has 1 aromatic carbocycles. The van der Waals surface area contributed by atoms with E-state index >= 15 is 0 Å². The summed E-state index contributed by atoms with van der Waals surface area (Å²) >= 11 is 0. The fourth-order valence-corrected chi connectivity index (χ4v) is 2.74. The lowest BCUT2D eigenvalue weighted by Gasteiger charge is -2.23. The van der Waals surface area contributed by atoms with Crippen LogP contribution in [0.2, 0.25) is 0 Å². The number of hydrogen-bond donors (Lipinski definition) is 2. The van der Waals surface area contributed by atoms with Gasteiger partial charge < -0.3 is 15.3 Å². The molecule has 1 fully saturated rings. The highest BCUT2D eigenvalue weighted by Gasteiger charge is 2.14. The second-order valence-corrected chi connectivity index (χ2v) is 6.11. The van der Waals surface area contributed by atoms with Crippen LogP contribution in [0.5, 0.6) is 0 Å². The maximum absolute atomic E-state index is 9.05. The van der Waals surface area contributed by atoms with Crippen molar-refractivity contribution in [2.45, 2.75) is 32.9 Å². The topological polar surface area (TPSA) is 38.7 Å². The van der Waals surface area contributed by atoms with E-state index in [2.05, 4.69) is 53.2 Å². The highest BCUT2D eigenvalue weighted by molar-refractivity contribution is 5.47.